The normalized spacial score (nSPS) is 15.0. The summed E-state index contributed by atoms with van der Waals surface area (Å²) in [6.45, 7) is 2.63. The molecule has 1 saturated heterocycles. The maximum atomic E-state index is 12.7. The number of carbonyl (C=O) groups excluding carboxylic acids is 2. The first-order chi connectivity index (χ1) is 10.6. The Bertz CT molecular complexity index is 583. The molecular weight excluding hydrogens is 506 g/mol. The molecule has 6 heteroatoms. The predicted molar refractivity (Wildman–Crippen MR) is 105 cm³/mol. The molecule has 118 valence electrons. The summed E-state index contributed by atoms with van der Waals surface area (Å²) < 4.78 is 0.800. The monoisotopic (exact) mass is 524 g/mol. The fourth-order valence-corrected chi connectivity index (χ4v) is 3.35. The molecule has 22 heavy (non-hydrogen) atoms. The molecule has 1 fully saturated rings. The van der Waals surface area contributed by atoms with Gasteiger partial charge in [0.2, 0.25) is 0 Å². The second-order valence-electron chi connectivity index (χ2n) is 5.08. The highest BCUT2D eigenvalue weighted by Crippen LogP contribution is 2.34. The minimum absolute atomic E-state index is 0.191. The van der Waals surface area contributed by atoms with Crippen LogP contribution in [-0.2, 0) is 4.79 Å². The van der Waals surface area contributed by atoms with Crippen molar-refractivity contribution in [3.05, 3.63) is 37.6 Å². The zero-order valence-corrected chi connectivity index (χ0v) is 16.7. The molecule has 0 radical (unpaired) electrons. The molecular formula is C16H18I2N2O2. The molecule has 0 unspecified atom stereocenters. The number of nitrogens with zero attached hydrogens (tertiary/aromatic N) is 2. The number of carbonyl (C=O) groups is 2. The zero-order valence-electron chi connectivity index (χ0n) is 12.4. The summed E-state index contributed by atoms with van der Waals surface area (Å²) in [6.07, 6.45) is 4.16. The summed E-state index contributed by atoms with van der Waals surface area (Å²) in [5.41, 5.74) is 1.20. The number of unbranched alkanes of at least 4 members (excludes halogenated alkanes) is 3. The summed E-state index contributed by atoms with van der Waals surface area (Å²) in [5.74, 6) is -0.191. The molecule has 1 heterocycles. The van der Waals surface area contributed by atoms with Gasteiger partial charge in [-0.3, -0.25) is 14.6 Å². The van der Waals surface area contributed by atoms with Gasteiger partial charge in [0.15, 0.2) is 0 Å². The number of anilines is 1. The largest absolute Gasteiger partial charge is 0.336 e. The Morgan fingerprint density at radius 1 is 1.05 bits per heavy atom. The van der Waals surface area contributed by atoms with E-state index >= 15 is 0 Å². The number of halogens is 2. The SMILES string of the molecule is CCCCCCN1C(=O)C(=C(I)I)N(c2ccccc2)C1=O. The van der Waals surface area contributed by atoms with Crippen molar-refractivity contribution in [2.24, 2.45) is 0 Å². The third kappa shape index (κ3) is 3.81. The maximum absolute atomic E-state index is 12.7. The first-order valence-electron chi connectivity index (χ1n) is 7.34. The smallest absolute Gasteiger partial charge is 0.267 e. The molecule has 0 aliphatic carbocycles. The van der Waals surface area contributed by atoms with E-state index in [0.717, 1.165) is 33.0 Å². The molecule has 0 saturated carbocycles. The highest BCUT2D eigenvalue weighted by molar-refractivity contribution is 14.2. The molecule has 2 rings (SSSR count). The number of amides is 3. The van der Waals surface area contributed by atoms with E-state index in [9.17, 15) is 9.59 Å². The lowest BCUT2D eigenvalue weighted by Gasteiger charge is -2.17. The molecule has 1 aliphatic rings. The summed E-state index contributed by atoms with van der Waals surface area (Å²) >= 11 is 4.20. The molecule has 0 aromatic heterocycles. The van der Waals surface area contributed by atoms with Gasteiger partial charge in [-0.1, -0.05) is 44.4 Å². The van der Waals surface area contributed by atoms with Crippen LogP contribution >= 0.6 is 45.2 Å². The lowest BCUT2D eigenvalue weighted by atomic mass is 10.2. The van der Waals surface area contributed by atoms with E-state index in [1.807, 2.05) is 30.3 Å². The zero-order chi connectivity index (χ0) is 16.1. The van der Waals surface area contributed by atoms with E-state index in [-0.39, 0.29) is 11.9 Å². The van der Waals surface area contributed by atoms with Gasteiger partial charge >= 0.3 is 6.03 Å². The fraction of sp³-hybridized carbons (Fsp3) is 0.375. The second kappa shape index (κ2) is 8.28. The van der Waals surface area contributed by atoms with Gasteiger partial charge in [0.1, 0.15) is 5.70 Å². The van der Waals surface area contributed by atoms with E-state index in [1.54, 1.807) is 0 Å². The van der Waals surface area contributed by atoms with Crippen LogP contribution in [0.5, 0.6) is 0 Å². The van der Waals surface area contributed by atoms with Crippen LogP contribution in [0.25, 0.3) is 0 Å². The quantitative estimate of drug-likeness (QED) is 0.226. The molecule has 1 aromatic carbocycles. The van der Waals surface area contributed by atoms with Crippen molar-refractivity contribution in [1.29, 1.82) is 0 Å². The van der Waals surface area contributed by atoms with E-state index in [2.05, 4.69) is 52.1 Å². The predicted octanol–water partition coefficient (Wildman–Crippen LogP) is 5.07. The molecule has 1 aliphatic heterocycles. The number of hydrogen-bond acceptors (Lipinski definition) is 2. The average Bonchev–Trinajstić information content (AvgIpc) is 2.76. The molecule has 0 spiro atoms. The van der Waals surface area contributed by atoms with E-state index in [1.165, 1.54) is 9.80 Å². The van der Waals surface area contributed by atoms with Crippen LogP contribution in [0.15, 0.2) is 37.6 Å². The van der Waals surface area contributed by atoms with E-state index < -0.39 is 0 Å². The van der Waals surface area contributed by atoms with Crippen LogP contribution in [-0.4, -0.2) is 23.4 Å². The number of para-hydroxylation sites is 1. The van der Waals surface area contributed by atoms with Crippen LogP contribution in [0.2, 0.25) is 0 Å². The highest BCUT2D eigenvalue weighted by atomic mass is 127. The Morgan fingerprint density at radius 3 is 2.32 bits per heavy atom. The number of rotatable bonds is 6. The first kappa shape index (κ1) is 17.7. The van der Waals surface area contributed by atoms with Crippen LogP contribution < -0.4 is 4.90 Å². The van der Waals surface area contributed by atoms with Crippen LogP contribution in [0.1, 0.15) is 32.6 Å². The lowest BCUT2D eigenvalue weighted by Crippen LogP contribution is -2.33. The van der Waals surface area contributed by atoms with Crippen molar-refractivity contribution in [2.75, 3.05) is 11.4 Å². The van der Waals surface area contributed by atoms with Crippen molar-refractivity contribution in [3.63, 3.8) is 0 Å². The number of benzene rings is 1. The van der Waals surface area contributed by atoms with Gasteiger partial charge in [-0.05, 0) is 63.7 Å². The molecule has 0 N–H and O–H groups in total. The van der Waals surface area contributed by atoms with Crippen molar-refractivity contribution in [1.82, 2.24) is 4.90 Å². The van der Waals surface area contributed by atoms with Gasteiger partial charge < -0.3 is 0 Å². The first-order valence-corrected chi connectivity index (χ1v) is 9.50. The third-order valence-electron chi connectivity index (χ3n) is 3.52. The second-order valence-corrected chi connectivity index (χ2v) is 9.30. The minimum atomic E-state index is -0.242. The lowest BCUT2D eigenvalue weighted by molar-refractivity contribution is -0.122. The summed E-state index contributed by atoms with van der Waals surface area (Å²) in [4.78, 5) is 28.2. The minimum Gasteiger partial charge on any atom is -0.267 e. The van der Waals surface area contributed by atoms with Crippen LogP contribution in [0, 0.1) is 0 Å². The van der Waals surface area contributed by atoms with Gasteiger partial charge in [0.25, 0.3) is 5.91 Å². The fourth-order valence-electron chi connectivity index (χ4n) is 2.40. The van der Waals surface area contributed by atoms with Crippen molar-refractivity contribution < 1.29 is 9.59 Å². The Balaban J connectivity index is 2.25. The molecule has 0 bridgehead atoms. The van der Waals surface area contributed by atoms with E-state index in [4.69, 9.17) is 0 Å². The van der Waals surface area contributed by atoms with Gasteiger partial charge in [0.05, 0.1) is 7.27 Å². The van der Waals surface area contributed by atoms with Crippen molar-refractivity contribution in [2.45, 2.75) is 32.6 Å². The number of urea groups is 1. The molecule has 3 amide bonds. The Kier molecular flexibility index (Phi) is 6.66. The average molecular weight is 524 g/mol. The number of imide groups is 1. The topological polar surface area (TPSA) is 40.6 Å². The molecule has 4 nitrogen and oxygen atoms in total. The summed E-state index contributed by atoms with van der Waals surface area (Å²) in [7, 11) is 0. The van der Waals surface area contributed by atoms with Gasteiger partial charge in [-0.2, -0.15) is 0 Å². The Labute approximate surface area is 158 Å². The number of hydrogen-bond donors (Lipinski definition) is 0. The molecule has 1 aromatic rings. The molecule has 0 atom stereocenters. The maximum Gasteiger partial charge on any atom is 0.336 e. The summed E-state index contributed by atoms with van der Waals surface area (Å²) in [5, 5.41) is 0. The van der Waals surface area contributed by atoms with Crippen molar-refractivity contribution in [3.8, 4) is 0 Å². The van der Waals surface area contributed by atoms with Gasteiger partial charge in [-0.15, -0.1) is 0 Å². The Morgan fingerprint density at radius 2 is 1.73 bits per heavy atom. The Hall–Kier alpha value is -0.640. The summed E-state index contributed by atoms with van der Waals surface area (Å²) in [6, 6.07) is 9.09. The van der Waals surface area contributed by atoms with Crippen LogP contribution in [0.3, 0.4) is 0 Å². The standard InChI is InChI=1S/C16H18I2N2O2/c1-2-3-4-8-11-19-15(21)13(14(17)18)20(16(19)22)12-9-6-5-7-10-12/h5-7,9-10H,2-4,8,11H2,1H3. The van der Waals surface area contributed by atoms with Crippen molar-refractivity contribution >= 4 is 62.8 Å². The van der Waals surface area contributed by atoms with E-state index in [0.29, 0.717) is 12.2 Å². The van der Waals surface area contributed by atoms with Crippen LogP contribution in [0.4, 0.5) is 10.5 Å². The third-order valence-corrected chi connectivity index (χ3v) is 4.54. The van der Waals surface area contributed by atoms with Gasteiger partial charge in [-0.25, -0.2) is 4.79 Å². The highest BCUT2D eigenvalue weighted by Gasteiger charge is 2.42. The van der Waals surface area contributed by atoms with Gasteiger partial charge in [0, 0.05) is 6.54 Å².